The first kappa shape index (κ1) is 24.7. The van der Waals surface area contributed by atoms with Crippen molar-refractivity contribution in [3.8, 4) is 17.4 Å². The first-order chi connectivity index (χ1) is 16.9. The SMILES string of the molecule is [B]c1ccc(/C(=C/[C@H]2CCC(=O)N2Cc2ccc(OC)cc2OC)c2ccc(Cl)cc2)nc1OC. The van der Waals surface area contributed by atoms with E-state index >= 15 is 0 Å². The Bertz CT molecular complexity index is 1250. The Labute approximate surface area is 211 Å². The number of ether oxygens (including phenoxy) is 3. The van der Waals surface area contributed by atoms with Gasteiger partial charge in [0.25, 0.3) is 0 Å². The summed E-state index contributed by atoms with van der Waals surface area (Å²) in [5.41, 5.74) is 3.85. The third-order valence-electron chi connectivity index (χ3n) is 6.08. The van der Waals surface area contributed by atoms with E-state index in [1.807, 2.05) is 53.4 Å². The second-order valence-electron chi connectivity index (χ2n) is 8.19. The van der Waals surface area contributed by atoms with Crippen molar-refractivity contribution in [3.05, 3.63) is 82.5 Å². The molecule has 0 spiro atoms. The van der Waals surface area contributed by atoms with Crippen LogP contribution in [0.3, 0.4) is 0 Å². The second kappa shape index (κ2) is 10.9. The van der Waals surface area contributed by atoms with E-state index in [-0.39, 0.29) is 11.9 Å². The first-order valence-corrected chi connectivity index (χ1v) is 11.6. The number of likely N-dealkylation sites (tertiary alicyclic amines) is 1. The minimum Gasteiger partial charge on any atom is -0.497 e. The molecule has 0 N–H and O–H groups in total. The summed E-state index contributed by atoms with van der Waals surface area (Å²) >= 11 is 6.14. The largest absolute Gasteiger partial charge is 0.497 e. The number of hydrogen-bond donors (Lipinski definition) is 0. The van der Waals surface area contributed by atoms with Gasteiger partial charge in [0.1, 0.15) is 19.3 Å². The van der Waals surface area contributed by atoms with Crippen molar-refractivity contribution in [1.29, 1.82) is 0 Å². The summed E-state index contributed by atoms with van der Waals surface area (Å²) in [4.78, 5) is 19.4. The van der Waals surface area contributed by atoms with Crippen LogP contribution in [0, 0.1) is 0 Å². The number of hydrogen-bond acceptors (Lipinski definition) is 5. The van der Waals surface area contributed by atoms with E-state index in [0.29, 0.717) is 52.9 Å². The predicted octanol–water partition coefficient (Wildman–Crippen LogP) is 4.18. The number of methoxy groups -OCH3 is 3. The molecule has 1 atom stereocenters. The van der Waals surface area contributed by atoms with Crippen LogP contribution in [0.25, 0.3) is 5.57 Å². The number of benzene rings is 2. The molecule has 0 unspecified atom stereocenters. The highest BCUT2D eigenvalue weighted by atomic mass is 35.5. The molecule has 2 aromatic carbocycles. The average Bonchev–Trinajstić information content (AvgIpc) is 3.22. The molecule has 4 rings (SSSR count). The van der Waals surface area contributed by atoms with E-state index in [0.717, 1.165) is 16.7 Å². The van der Waals surface area contributed by atoms with Gasteiger partial charge in [0.15, 0.2) is 0 Å². The molecule has 1 amide bonds. The maximum Gasteiger partial charge on any atom is 0.223 e. The molecule has 1 saturated heterocycles. The summed E-state index contributed by atoms with van der Waals surface area (Å²) < 4.78 is 16.2. The fourth-order valence-electron chi connectivity index (χ4n) is 4.22. The third-order valence-corrected chi connectivity index (χ3v) is 6.33. The molecule has 0 bridgehead atoms. The van der Waals surface area contributed by atoms with E-state index in [1.165, 1.54) is 7.11 Å². The van der Waals surface area contributed by atoms with Gasteiger partial charge in [-0.1, -0.05) is 35.9 Å². The molecule has 1 fully saturated rings. The molecule has 35 heavy (non-hydrogen) atoms. The predicted molar refractivity (Wildman–Crippen MR) is 138 cm³/mol. The van der Waals surface area contributed by atoms with Crippen molar-refractivity contribution in [2.24, 2.45) is 0 Å². The van der Waals surface area contributed by atoms with E-state index in [2.05, 4.69) is 11.1 Å². The lowest BCUT2D eigenvalue weighted by Gasteiger charge is -2.25. The van der Waals surface area contributed by atoms with Gasteiger partial charge in [0.05, 0.1) is 33.1 Å². The van der Waals surface area contributed by atoms with Crippen LogP contribution < -0.4 is 19.7 Å². The van der Waals surface area contributed by atoms with Crippen molar-refractivity contribution in [1.82, 2.24) is 9.88 Å². The number of rotatable bonds is 8. The quantitative estimate of drug-likeness (QED) is 0.445. The van der Waals surface area contributed by atoms with Gasteiger partial charge in [0.2, 0.25) is 11.8 Å². The summed E-state index contributed by atoms with van der Waals surface area (Å²) in [5, 5.41) is 0.639. The van der Waals surface area contributed by atoms with Crippen LogP contribution in [-0.2, 0) is 11.3 Å². The molecular formula is C27H26BClN2O4. The molecule has 2 radical (unpaired) electrons. The molecule has 1 aliphatic rings. The summed E-state index contributed by atoms with van der Waals surface area (Å²) in [6.45, 7) is 0.416. The minimum absolute atomic E-state index is 0.0856. The van der Waals surface area contributed by atoms with Crippen molar-refractivity contribution in [2.45, 2.75) is 25.4 Å². The fourth-order valence-corrected chi connectivity index (χ4v) is 4.34. The smallest absolute Gasteiger partial charge is 0.223 e. The highest BCUT2D eigenvalue weighted by Crippen LogP contribution is 2.32. The lowest BCUT2D eigenvalue weighted by atomic mass is 9.94. The van der Waals surface area contributed by atoms with Crippen LogP contribution in [0.15, 0.2) is 60.7 Å². The zero-order chi connectivity index (χ0) is 24.9. The Balaban J connectivity index is 1.74. The summed E-state index contributed by atoms with van der Waals surface area (Å²) in [7, 11) is 10.8. The van der Waals surface area contributed by atoms with Gasteiger partial charge in [0, 0.05) is 35.2 Å². The number of carbonyl (C=O) groups is 1. The molecule has 0 aliphatic carbocycles. The van der Waals surface area contributed by atoms with Crippen molar-refractivity contribution in [2.75, 3.05) is 21.3 Å². The maximum atomic E-state index is 12.9. The van der Waals surface area contributed by atoms with E-state index < -0.39 is 0 Å². The normalized spacial score (nSPS) is 15.9. The summed E-state index contributed by atoms with van der Waals surface area (Å²) in [6.07, 6.45) is 3.24. The Morgan fingerprint density at radius 3 is 2.54 bits per heavy atom. The maximum absolute atomic E-state index is 12.9. The van der Waals surface area contributed by atoms with Crippen molar-refractivity contribution < 1.29 is 19.0 Å². The van der Waals surface area contributed by atoms with Gasteiger partial charge in [-0.05, 0) is 47.8 Å². The van der Waals surface area contributed by atoms with E-state index in [4.69, 9.17) is 33.7 Å². The second-order valence-corrected chi connectivity index (χ2v) is 8.62. The summed E-state index contributed by atoms with van der Waals surface area (Å²) in [5.74, 6) is 1.81. The minimum atomic E-state index is -0.134. The monoisotopic (exact) mass is 488 g/mol. The lowest BCUT2D eigenvalue weighted by Crippen LogP contribution is -2.31. The molecule has 6 nitrogen and oxygen atoms in total. The lowest BCUT2D eigenvalue weighted by molar-refractivity contribution is -0.129. The Hall–Kier alpha value is -3.45. The Morgan fingerprint density at radius 1 is 1.09 bits per heavy atom. The number of nitrogens with zero attached hydrogens (tertiary/aromatic N) is 2. The standard InChI is InChI=1S/C27H26BClN2O4/c1-33-21-10-6-18(25(15-21)34-2)16-31-20(9-13-26(31)32)14-22(17-4-7-19(29)8-5-17)24-12-11-23(28)27(30-24)35-3/h4-8,10-12,14-15,20H,9,13,16H2,1-3H3/b22-14+/t20-/m1/s1. The number of carbonyl (C=O) groups excluding carboxylic acids is 1. The van der Waals surface area contributed by atoms with Crippen molar-refractivity contribution in [3.63, 3.8) is 0 Å². The number of halogens is 1. The molecule has 0 saturated carbocycles. The van der Waals surface area contributed by atoms with Crippen LogP contribution in [0.2, 0.25) is 5.02 Å². The molecule has 8 heteroatoms. The number of pyridine rings is 1. The van der Waals surface area contributed by atoms with Gasteiger partial charge < -0.3 is 19.1 Å². The molecule has 1 aromatic heterocycles. The van der Waals surface area contributed by atoms with Crippen LogP contribution in [0.4, 0.5) is 0 Å². The van der Waals surface area contributed by atoms with E-state index in [1.54, 1.807) is 20.3 Å². The average molecular weight is 489 g/mol. The fraction of sp³-hybridized carbons (Fsp3) is 0.259. The third kappa shape index (κ3) is 5.46. The van der Waals surface area contributed by atoms with Gasteiger partial charge in [-0.3, -0.25) is 4.79 Å². The molecule has 1 aliphatic heterocycles. The van der Waals surface area contributed by atoms with Gasteiger partial charge >= 0.3 is 0 Å². The Morgan fingerprint density at radius 2 is 1.86 bits per heavy atom. The number of aromatic nitrogens is 1. The van der Waals surface area contributed by atoms with Crippen LogP contribution in [0.1, 0.15) is 29.7 Å². The molecule has 3 aromatic rings. The van der Waals surface area contributed by atoms with Crippen LogP contribution >= 0.6 is 11.6 Å². The summed E-state index contributed by atoms with van der Waals surface area (Å²) in [6, 6.07) is 16.6. The zero-order valence-corrected chi connectivity index (χ0v) is 20.7. The van der Waals surface area contributed by atoms with Gasteiger partial charge in [-0.15, -0.1) is 0 Å². The van der Waals surface area contributed by atoms with Crippen molar-refractivity contribution >= 4 is 36.4 Å². The zero-order valence-electron chi connectivity index (χ0n) is 20.0. The molecule has 2 heterocycles. The Kier molecular flexibility index (Phi) is 7.66. The topological polar surface area (TPSA) is 60.9 Å². The van der Waals surface area contributed by atoms with Crippen LogP contribution in [-0.4, -0.2) is 51.0 Å². The van der Waals surface area contributed by atoms with Gasteiger partial charge in [-0.25, -0.2) is 4.98 Å². The van der Waals surface area contributed by atoms with Crippen LogP contribution in [0.5, 0.6) is 17.4 Å². The first-order valence-electron chi connectivity index (χ1n) is 11.2. The molecule has 178 valence electrons. The highest BCUT2D eigenvalue weighted by Gasteiger charge is 2.31. The van der Waals surface area contributed by atoms with E-state index in [9.17, 15) is 4.79 Å². The molecular weight excluding hydrogens is 463 g/mol. The number of amides is 1. The van der Waals surface area contributed by atoms with Gasteiger partial charge in [-0.2, -0.15) is 0 Å². The highest BCUT2D eigenvalue weighted by molar-refractivity contribution is 6.34.